The first-order valence-electron chi connectivity index (χ1n) is 4.02. The van der Waals surface area contributed by atoms with E-state index in [1.54, 1.807) is 0 Å². The Kier molecular flexibility index (Phi) is 2.39. The van der Waals surface area contributed by atoms with Crippen molar-refractivity contribution in [2.75, 3.05) is 13.2 Å². The Morgan fingerprint density at radius 3 is 2.71 bits per heavy atom. The van der Waals surface area contributed by atoms with Crippen molar-refractivity contribution >= 4 is 0 Å². The average Bonchev–Trinajstić information content (AvgIpc) is 2.17. The number of rotatable bonds is 2. The fourth-order valence-electron chi connectivity index (χ4n) is 1.13. The first-order chi connectivity index (χ1) is 6.75. The van der Waals surface area contributed by atoms with Gasteiger partial charge in [0, 0.05) is 12.1 Å². The van der Waals surface area contributed by atoms with Crippen molar-refractivity contribution in [3.05, 3.63) is 18.2 Å². The molecular weight excluding hydrogens is 194 g/mol. The number of halogens is 2. The number of ether oxygens (including phenoxy) is 3. The standard InChI is InChI=1S/C9H7F2O3/c10-9(11)14-6-1-2-7-8(5-6)13-4-3-12-7/h2,5,9H,3-4H2. The summed E-state index contributed by atoms with van der Waals surface area (Å²) >= 11 is 0. The van der Waals surface area contributed by atoms with Gasteiger partial charge in [-0.3, -0.25) is 0 Å². The number of fused-ring (bicyclic) bond motifs is 1. The molecule has 0 spiro atoms. The Labute approximate surface area is 79.2 Å². The fraction of sp³-hybridized carbons (Fsp3) is 0.333. The Bertz CT molecular complexity index is 328. The van der Waals surface area contributed by atoms with Crippen LogP contribution in [0.25, 0.3) is 0 Å². The third-order valence-corrected chi connectivity index (χ3v) is 1.67. The zero-order valence-electron chi connectivity index (χ0n) is 7.13. The van der Waals surface area contributed by atoms with Gasteiger partial charge in [0.15, 0.2) is 11.5 Å². The van der Waals surface area contributed by atoms with Gasteiger partial charge in [0.2, 0.25) is 0 Å². The Balaban J connectivity index is 2.20. The van der Waals surface area contributed by atoms with E-state index in [2.05, 4.69) is 10.8 Å². The molecule has 0 aliphatic carbocycles. The van der Waals surface area contributed by atoms with Gasteiger partial charge in [0.1, 0.15) is 19.0 Å². The second-order valence-electron chi connectivity index (χ2n) is 2.60. The SMILES string of the molecule is FC(F)Oc1[c]cc2c(c1)OCCO2. The summed E-state index contributed by atoms with van der Waals surface area (Å²) in [6.45, 7) is -1.99. The summed E-state index contributed by atoms with van der Waals surface area (Å²) in [6, 6.07) is 5.28. The van der Waals surface area contributed by atoms with Crippen LogP contribution in [-0.4, -0.2) is 19.8 Å². The van der Waals surface area contributed by atoms with Gasteiger partial charge in [-0.25, -0.2) is 0 Å². The molecule has 75 valence electrons. The molecule has 3 nitrogen and oxygen atoms in total. The van der Waals surface area contributed by atoms with Crippen molar-refractivity contribution in [3.8, 4) is 17.2 Å². The van der Waals surface area contributed by atoms with Gasteiger partial charge in [-0.15, -0.1) is 0 Å². The number of benzene rings is 1. The van der Waals surface area contributed by atoms with Gasteiger partial charge >= 0.3 is 6.61 Å². The van der Waals surface area contributed by atoms with Crippen LogP contribution in [0.2, 0.25) is 0 Å². The summed E-state index contributed by atoms with van der Waals surface area (Å²) in [7, 11) is 0. The van der Waals surface area contributed by atoms with Gasteiger partial charge in [0.25, 0.3) is 0 Å². The lowest BCUT2D eigenvalue weighted by atomic mass is 10.3. The molecule has 14 heavy (non-hydrogen) atoms. The Morgan fingerprint density at radius 2 is 2.00 bits per heavy atom. The maximum absolute atomic E-state index is 11.8. The molecule has 0 saturated carbocycles. The number of hydrogen-bond acceptors (Lipinski definition) is 3. The summed E-state index contributed by atoms with van der Waals surface area (Å²) in [5.74, 6) is 0.854. The largest absolute Gasteiger partial charge is 0.486 e. The van der Waals surface area contributed by atoms with Crippen LogP contribution in [0.4, 0.5) is 8.78 Å². The van der Waals surface area contributed by atoms with E-state index in [1.165, 1.54) is 12.1 Å². The van der Waals surface area contributed by atoms with Crippen LogP contribution in [0.5, 0.6) is 17.2 Å². The summed E-state index contributed by atoms with van der Waals surface area (Å²) in [5, 5.41) is 0. The predicted molar refractivity (Wildman–Crippen MR) is 42.9 cm³/mol. The van der Waals surface area contributed by atoms with Gasteiger partial charge in [-0.2, -0.15) is 8.78 Å². The van der Waals surface area contributed by atoms with Gasteiger partial charge in [-0.1, -0.05) is 0 Å². The number of hydrogen-bond donors (Lipinski definition) is 0. The molecule has 1 aromatic carbocycles. The first-order valence-corrected chi connectivity index (χ1v) is 4.02. The third kappa shape index (κ3) is 1.86. The van der Waals surface area contributed by atoms with E-state index in [0.29, 0.717) is 24.7 Å². The molecule has 0 aromatic heterocycles. The zero-order chi connectivity index (χ0) is 9.97. The average molecular weight is 201 g/mol. The van der Waals surface area contributed by atoms with Gasteiger partial charge in [-0.05, 0) is 6.07 Å². The van der Waals surface area contributed by atoms with Gasteiger partial charge in [0.05, 0.1) is 0 Å². The van der Waals surface area contributed by atoms with E-state index in [4.69, 9.17) is 9.47 Å². The number of alkyl halides is 2. The maximum Gasteiger partial charge on any atom is 0.387 e. The monoisotopic (exact) mass is 201 g/mol. The highest BCUT2D eigenvalue weighted by molar-refractivity contribution is 5.45. The molecule has 0 amide bonds. The van der Waals surface area contributed by atoms with Crippen LogP contribution in [0.15, 0.2) is 12.1 Å². The Hall–Kier alpha value is -1.52. The highest BCUT2D eigenvalue weighted by Gasteiger charge is 2.13. The summed E-state index contributed by atoms with van der Waals surface area (Å²) in [4.78, 5) is 0. The van der Waals surface area contributed by atoms with E-state index < -0.39 is 6.61 Å². The van der Waals surface area contributed by atoms with Crippen LogP contribution < -0.4 is 14.2 Å². The van der Waals surface area contributed by atoms with Crippen LogP contribution >= 0.6 is 0 Å². The minimum atomic E-state index is -2.85. The molecule has 1 aliphatic rings. The topological polar surface area (TPSA) is 27.7 Å². The van der Waals surface area contributed by atoms with Crippen LogP contribution in [0.1, 0.15) is 0 Å². The maximum atomic E-state index is 11.8. The van der Waals surface area contributed by atoms with Crippen molar-refractivity contribution in [1.29, 1.82) is 0 Å². The lowest BCUT2D eigenvalue weighted by molar-refractivity contribution is -0.0502. The molecule has 1 aliphatic heterocycles. The molecule has 0 bridgehead atoms. The van der Waals surface area contributed by atoms with Crippen molar-refractivity contribution in [1.82, 2.24) is 0 Å². The van der Waals surface area contributed by atoms with Crippen LogP contribution in [-0.2, 0) is 0 Å². The highest BCUT2D eigenvalue weighted by atomic mass is 19.3. The van der Waals surface area contributed by atoms with Crippen molar-refractivity contribution in [3.63, 3.8) is 0 Å². The summed E-state index contributed by atoms with van der Waals surface area (Å²) in [5.41, 5.74) is 0. The quantitative estimate of drug-likeness (QED) is 0.730. The molecule has 1 heterocycles. The Morgan fingerprint density at radius 1 is 1.29 bits per heavy atom. The van der Waals surface area contributed by atoms with E-state index >= 15 is 0 Å². The molecule has 0 unspecified atom stereocenters. The third-order valence-electron chi connectivity index (χ3n) is 1.67. The predicted octanol–water partition coefficient (Wildman–Crippen LogP) is 1.86. The van der Waals surface area contributed by atoms with Crippen LogP contribution in [0.3, 0.4) is 0 Å². The smallest absolute Gasteiger partial charge is 0.387 e. The van der Waals surface area contributed by atoms with Gasteiger partial charge < -0.3 is 14.2 Å². The molecule has 5 heteroatoms. The van der Waals surface area contributed by atoms with Crippen molar-refractivity contribution in [2.24, 2.45) is 0 Å². The summed E-state index contributed by atoms with van der Waals surface area (Å²) < 4.78 is 38.2. The molecule has 2 rings (SSSR count). The molecule has 0 saturated heterocycles. The first kappa shape index (κ1) is 9.05. The lowest BCUT2D eigenvalue weighted by Crippen LogP contribution is -2.15. The highest BCUT2D eigenvalue weighted by Crippen LogP contribution is 2.33. The normalized spacial score (nSPS) is 14.2. The van der Waals surface area contributed by atoms with E-state index in [9.17, 15) is 8.78 Å². The lowest BCUT2D eigenvalue weighted by Gasteiger charge is -2.18. The van der Waals surface area contributed by atoms with Crippen LogP contribution in [0, 0.1) is 6.07 Å². The van der Waals surface area contributed by atoms with E-state index in [-0.39, 0.29) is 5.75 Å². The molecule has 0 N–H and O–H groups in total. The van der Waals surface area contributed by atoms with Crippen molar-refractivity contribution < 1.29 is 23.0 Å². The second-order valence-corrected chi connectivity index (χ2v) is 2.60. The van der Waals surface area contributed by atoms with Crippen molar-refractivity contribution in [2.45, 2.75) is 6.61 Å². The molecule has 0 atom stereocenters. The minimum Gasteiger partial charge on any atom is -0.486 e. The zero-order valence-corrected chi connectivity index (χ0v) is 7.13. The van der Waals surface area contributed by atoms with E-state index in [1.807, 2.05) is 0 Å². The molecule has 1 aromatic rings. The second kappa shape index (κ2) is 3.69. The molecule has 0 fully saturated rings. The minimum absolute atomic E-state index is 0.0516. The van der Waals surface area contributed by atoms with E-state index in [0.717, 1.165) is 0 Å². The molecular formula is C9H7F2O3. The molecule has 1 radical (unpaired) electrons. The summed E-state index contributed by atoms with van der Waals surface area (Å²) in [6.07, 6.45) is 0. The fourth-order valence-corrected chi connectivity index (χ4v) is 1.13.